The van der Waals surface area contributed by atoms with Gasteiger partial charge in [-0.3, -0.25) is 5.32 Å². The Kier molecular flexibility index (Phi) is 2.19. The quantitative estimate of drug-likeness (QED) is 0.547. The summed E-state index contributed by atoms with van der Waals surface area (Å²) in [7, 11) is 0.0807. The third kappa shape index (κ3) is 1.60. The van der Waals surface area contributed by atoms with Gasteiger partial charge in [-0.05, 0) is 41.4 Å². The number of nitrogens with zero attached hydrogens (tertiary/aromatic N) is 1. The Morgan fingerprint density at radius 2 is 2.45 bits per heavy atom. The van der Waals surface area contributed by atoms with Crippen molar-refractivity contribution in [2.24, 2.45) is 4.40 Å². The Morgan fingerprint density at radius 3 is 3.09 bits per heavy atom. The predicted octanol–water partition coefficient (Wildman–Crippen LogP) is 1.67. The summed E-state index contributed by atoms with van der Waals surface area (Å²) >= 11 is 0. The van der Waals surface area contributed by atoms with E-state index in [0.717, 1.165) is 6.54 Å². The van der Waals surface area contributed by atoms with Gasteiger partial charge in [-0.2, -0.15) is 0 Å². The third-order valence-electron chi connectivity index (χ3n) is 1.87. The van der Waals surface area contributed by atoms with E-state index in [1.165, 1.54) is 24.3 Å². The Hall–Kier alpha value is -0.410. The molecule has 0 radical (unpaired) electrons. The average Bonchev–Trinajstić information content (AvgIpc) is 2.58. The van der Waals surface area contributed by atoms with E-state index in [1.54, 1.807) is 0 Å². The highest BCUT2D eigenvalue weighted by atomic mass is 32.2. The van der Waals surface area contributed by atoms with Crippen LogP contribution in [0, 0.1) is 0 Å². The standard InChI is InChI=1S/C8H12N2S/c1-2-5-9-8(4-1)11-7-3-6-10-11/h3,6-7,9H,1-2,4-5H2. The van der Waals surface area contributed by atoms with Gasteiger partial charge in [-0.15, -0.1) is 0 Å². The maximum absolute atomic E-state index is 4.35. The van der Waals surface area contributed by atoms with Crippen LogP contribution in [0.15, 0.2) is 15.9 Å². The summed E-state index contributed by atoms with van der Waals surface area (Å²) in [6.45, 7) is 1.14. The molecule has 3 heteroatoms. The van der Waals surface area contributed by atoms with Crippen molar-refractivity contribution >= 4 is 21.9 Å². The highest BCUT2D eigenvalue weighted by molar-refractivity contribution is 8.17. The lowest BCUT2D eigenvalue weighted by molar-refractivity contribution is 0.679. The van der Waals surface area contributed by atoms with Crippen LogP contribution in [0.5, 0.6) is 0 Å². The summed E-state index contributed by atoms with van der Waals surface area (Å²) < 4.78 is 4.35. The van der Waals surface area contributed by atoms with Crippen molar-refractivity contribution in [3.63, 3.8) is 0 Å². The summed E-state index contributed by atoms with van der Waals surface area (Å²) in [5.74, 6) is 0. The zero-order chi connectivity index (χ0) is 7.52. The minimum atomic E-state index is 0.0807. The first-order chi connectivity index (χ1) is 5.47. The van der Waals surface area contributed by atoms with E-state index in [2.05, 4.69) is 15.1 Å². The van der Waals surface area contributed by atoms with Crippen molar-refractivity contribution in [3.8, 4) is 0 Å². The number of rotatable bonds is 0. The lowest BCUT2D eigenvalue weighted by Crippen LogP contribution is -2.28. The van der Waals surface area contributed by atoms with E-state index in [9.17, 15) is 0 Å². The van der Waals surface area contributed by atoms with Crippen molar-refractivity contribution in [2.75, 3.05) is 6.54 Å². The fraction of sp³-hybridized carbons (Fsp3) is 0.500. The third-order valence-corrected chi connectivity index (χ3v) is 3.49. The number of nitrogens with one attached hydrogen (secondary N) is 1. The van der Waals surface area contributed by atoms with Gasteiger partial charge >= 0.3 is 0 Å². The van der Waals surface area contributed by atoms with Crippen molar-refractivity contribution in [2.45, 2.75) is 19.3 Å². The molecule has 1 atom stereocenters. The van der Waals surface area contributed by atoms with Crippen molar-refractivity contribution in [1.29, 1.82) is 0 Å². The molecule has 0 aromatic rings. The molecule has 2 nitrogen and oxygen atoms in total. The van der Waals surface area contributed by atoms with Gasteiger partial charge in [-0.1, -0.05) is 0 Å². The minimum Gasteiger partial charge on any atom is -0.286 e. The van der Waals surface area contributed by atoms with E-state index < -0.39 is 0 Å². The smallest absolute Gasteiger partial charge is 0.0407 e. The lowest BCUT2D eigenvalue weighted by Gasteiger charge is -2.16. The largest absolute Gasteiger partial charge is 0.286 e. The summed E-state index contributed by atoms with van der Waals surface area (Å²) in [6.07, 6.45) is 7.78. The molecule has 0 bridgehead atoms. The van der Waals surface area contributed by atoms with Gasteiger partial charge in [0.2, 0.25) is 0 Å². The van der Waals surface area contributed by atoms with Gasteiger partial charge in [-0.25, -0.2) is 4.40 Å². The van der Waals surface area contributed by atoms with Crippen LogP contribution in [0.4, 0.5) is 0 Å². The molecule has 0 saturated carbocycles. The first-order valence-electron chi connectivity index (χ1n) is 4.00. The van der Waals surface area contributed by atoms with E-state index in [4.69, 9.17) is 0 Å². The number of hydrogen-bond donors (Lipinski definition) is 1. The molecule has 60 valence electrons. The number of piperidine rings is 1. The topological polar surface area (TPSA) is 24.4 Å². The van der Waals surface area contributed by atoms with Crippen LogP contribution < -0.4 is 5.32 Å². The highest BCUT2D eigenvalue weighted by Gasteiger charge is 2.08. The van der Waals surface area contributed by atoms with Gasteiger partial charge in [0.1, 0.15) is 0 Å². The Labute approximate surface area is 69.5 Å². The van der Waals surface area contributed by atoms with Gasteiger partial charge in [0.05, 0.1) is 0 Å². The van der Waals surface area contributed by atoms with Gasteiger partial charge in [0.25, 0.3) is 0 Å². The molecule has 2 heterocycles. The van der Waals surface area contributed by atoms with E-state index in [0.29, 0.717) is 0 Å². The summed E-state index contributed by atoms with van der Waals surface area (Å²) in [5.41, 5.74) is 0. The molecule has 2 aliphatic heterocycles. The Bertz CT molecular complexity index is 218. The molecule has 0 amide bonds. The number of hydrogen-bond acceptors (Lipinski definition) is 1. The van der Waals surface area contributed by atoms with Gasteiger partial charge < -0.3 is 0 Å². The van der Waals surface area contributed by atoms with E-state index in [-0.39, 0.29) is 10.7 Å². The predicted molar refractivity (Wildman–Crippen MR) is 52.1 cm³/mol. The van der Waals surface area contributed by atoms with Crippen LogP contribution in [0.3, 0.4) is 0 Å². The zero-order valence-electron chi connectivity index (χ0n) is 6.42. The molecule has 11 heavy (non-hydrogen) atoms. The van der Waals surface area contributed by atoms with Crippen LogP contribution in [0.2, 0.25) is 0 Å². The molecule has 2 aliphatic rings. The second-order valence-electron chi connectivity index (χ2n) is 2.70. The second kappa shape index (κ2) is 3.32. The summed E-state index contributed by atoms with van der Waals surface area (Å²) in [4.78, 5) is 1.43. The molecule has 0 spiro atoms. The SMILES string of the molecule is C1=C/S(=C2/CCCCN2)N=C1. The first-order valence-corrected chi connectivity index (χ1v) is 5.25. The maximum Gasteiger partial charge on any atom is 0.0407 e. The fourth-order valence-electron chi connectivity index (χ4n) is 1.30. The normalized spacial score (nSPS) is 33.1. The molecular weight excluding hydrogens is 156 g/mol. The van der Waals surface area contributed by atoms with Crippen molar-refractivity contribution in [3.05, 3.63) is 11.5 Å². The van der Waals surface area contributed by atoms with Gasteiger partial charge in [0.15, 0.2) is 0 Å². The van der Waals surface area contributed by atoms with E-state index >= 15 is 0 Å². The maximum atomic E-state index is 4.35. The molecule has 1 unspecified atom stereocenters. The number of allylic oxidation sites excluding steroid dienone is 1. The van der Waals surface area contributed by atoms with Crippen LogP contribution >= 0.6 is 10.7 Å². The molecule has 1 fully saturated rings. The van der Waals surface area contributed by atoms with Crippen molar-refractivity contribution in [1.82, 2.24) is 5.32 Å². The first kappa shape index (κ1) is 7.25. The van der Waals surface area contributed by atoms with Crippen LogP contribution in [-0.2, 0) is 0 Å². The van der Waals surface area contributed by atoms with Crippen molar-refractivity contribution < 1.29 is 0 Å². The van der Waals surface area contributed by atoms with E-state index in [1.807, 2.05) is 12.3 Å². The van der Waals surface area contributed by atoms with Crippen LogP contribution in [-0.4, -0.2) is 17.7 Å². The summed E-state index contributed by atoms with van der Waals surface area (Å²) in [6, 6.07) is 0. The van der Waals surface area contributed by atoms with Crippen LogP contribution in [0.25, 0.3) is 0 Å². The molecule has 1 saturated heterocycles. The monoisotopic (exact) mass is 168 g/mol. The molecular formula is C8H12N2S. The molecule has 1 N–H and O–H groups in total. The average molecular weight is 168 g/mol. The van der Waals surface area contributed by atoms with Gasteiger partial charge in [0, 0.05) is 17.7 Å². The Morgan fingerprint density at radius 1 is 1.45 bits per heavy atom. The molecule has 0 aromatic heterocycles. The minimum absolute atomic E-state index is 0.0807. The van der Waals surface area contributed by atoms with Crippen LogP contribution in [0.1, 0.15) is 19.3 Å². The fourth-order valence-corrected chi connectivity index (χ4v) is 2.68. The molecule has 0 aliphatic carbocycles. The highest BCUT2D eigenvalue weighted by Crippen LogP contribution is 2.24. The second-order valence-corrected chi connectivity index (χ2v) is 4.31. The zero-order valence-corrected chi connectivity index (χ0v) is 7.23. The molecule has 2 rings (SSSR count). The Balaban J connectivity index is 2.17. The summed E-state index contributed by atoms with van der Waals surface area (Å²) in [5, 5.41) is 5.60. The molecule has 0 aromatic carbocycles. The lowest BCUT2D eigenvalue weighted by atomic mass is 10.2.